The third-order valence-corrected chi connectivity index (χ3v) is 6.11. The van der Waals surface area contributed by atoms with Crippen molar-refractivity contribution in [2.24, 2.45) is 5.92 Å². The Balaban J connectivity index is 0.00000192. The van der Waals surface area contributed by atoms with Crippen molar-refractivity contribution in [3.63, 3.8) is 0 Å². The van der Waals surface area contributed by atoms with Crippen LogP contribution in [0.1, 0.15) is 12.8 Å². The van der Waals surface area contributed by atoms with Gasteiger partial charge < -0.3 is 14.8 Å². The lowest BCUT2D eigenvalue weighted by atomic mass is 9.98. The molecule has 1 aromatic rings. The molecule has 0 unspecified atom stereocenters. The topological polar surface area (TPSA) is 67.9 Å². The molecule has 2 aliphatic rings. The van der Waals surface area contributed by atoms with Crippen LogP contribution in [0, 0.1) is 5.92 Å². The highest BCUT2D eigenvalue weighted by molar-refractivity contribution is 7.89. The van der Waals surface area contributed by atoms with Crippen LogP contribution in [0.3, 0.4) is 0 Å². The lowest BCUT2D eigenvalue weighted by Gasteiger charge is -2.31. The molecule has 0 spiro atoms. The molecule has 1 aromatic carbocycles. The third kappa shape index (κ3) is 3.91. The number of sulfonamides is 1. The monoisotopic (exact) mass is 362 g/mol. The number of nitrogens with one attached hydrogen (secondary N) is 1. The van der Waals surface area contributed by atoms with E-state index in [2.05, 4.69) is 5.32 Å². The Morgan fingerprint density at radius 3 is 2.48 bits per heavy atom. The minimum absolute atomic E-state index is 0. The fraction of sp³-hybridized carbons (Fsp3) is 0.600. The number of piperidine rings is 1. The van der Waals surface area contributed by atoms with Gasteiger partial charge in [0, 0.05) is 19.2 Å². The minimum atomic E-state index is -3.46. The van der Waals surface area contributed by atoms with Crippen LogP contribution < -0.4 is 14.8 Å². The number of rotatable bonds is 4. The first-order valence-corrected chi connectivity index (χ1v) is 9.09. The Hall–Kier alpha value is -1.02. The molecular weight excluding hydrogens is 340 g/mol. The molecule has 0 bridgehead atoms. The predicted molar refractivity (Wildman–Crippen MR) is 90.1 cm³/mol. The quantitative estimate of drug-likeness (QED) is 0.879. The van der Waals surface area contributed by atoms with E-state index in [4.69, 9.17) is 9.47 Å². The van der Waals surface area contributed by atoms with Crippen molar-refractivity contribution < 1.29 is 17.9 Å². The number of halogens is 1. The highest BCUT2D eigenvalue weighted by Gasteiger charge is 2.30. The molecule has 130 valence electrons. The first kappa shape index (κ1) is 18.3. The summed E-state index contributed by atoms with van der Waals surface area (Å²) in [5.74, 6) is 1.67. The maximum absolute atomic E-state index is 12.8. The minimum Gasteiger partial charge on any atom is -0.486 e. The van der Waals surface area contributed by atoms with Crippen molar-refractivity contribution in [2.45, 2.75) is 17.7 Å². The van der Waals surface area contributed by atoms with Crippen molar-refractivity contribution >= 4 is 22.4 Å². The summed E-state index contributed by atoms with van der Waals surface area (Å²) in [6.45, 7) is 3.04. The number of benzene rings is 1. The zero-order valence-corrected chi connectivity index (χ0v) is 14.8. The van der Waals surface area contributed by atoms with Gasteiger partial charge in [-0.3, -0.25) is 0 Å². The smallest absolute Gasteiger partial charge is 0.243 e. The molecule has 8 heteroatoms. The summed E-state index contributed by atoms with van der Waals surface area (Å²) in [7, 11) is -1.53. The van der Waals surface area contributed by atoms with Crippen molar-refractivity contribution in [3.05, 3.63) is 18.2 Å². The normalized spacial score (nSPS) is 19.2. The van der Waals surface area contributed by atoms with Gasteiger partial charge in [-0.1, -0.05) is 0 Å². The largest absolute Gasteiger partial charge is 0.486 e. The fourth-order valence-corrected chi connectivity index (χ4v) is 4.46. The van der Waals surface area contributed by atoms with E-state index in [1.54, 1.807) is 22.5 Å². The zero-order valence-electron chi connectivity index (χ0n) is 13.2. The summed E-state index contributed by atoms with van der Waals surface area (Å²) in [5.41, 5.74) is 0. The molecule has 0 amide bonds. The van der Waals surface area contributed by atoms with Gasteiger partial charge in [-0.05, 0) is 44.5 Å². The molecule has 2 heterocycles. The van der Waals surface area contributed by atoms with Crippen LogP contribution >= 0.6 is 12.4 Å². The number of nitrogens with zero attached hydrogens (tertiary/aromatic N) is 1. The molecule has 0 radical (unpaired) electrons. The second kappa shape index (κ2) is 7.70. The number of hydrogen-bond acceptors (Lipinski definition) is 5. The van der Waals surface area contributed by atoms with Crippen LogP contribution in [0.4, 0.5) is 0 Å². The van der Waals surface area contributed by atoms with Gasteiger partial charge >= 0.3 is 0 Å². The first-order valence-electron chi connectivity index (χ1n) is 7.65. The highest BCUT2D eigenvalue weighted by Crippen LogP contribution is 2.33. The Morgan fingerprint density at radius 1 is 1.17 bits per heavy atom. The van der Waals surface area contributed by atoms with Gasteiger partial charge in [0.25, 0.3) is 0 Å². The van der Waals surface area contributed by atoms with E-state index < -0.39 is 10.0 Å². The van der Waals surface area contributed by atoms with E-state index in [1.165, 1.54) is 0 Å². The SMILES string of the molecule is CNCC1CCN(S(=O)(=O)c2ccc3c(c2)OCCO3)CC1.Cl. The van der Waals surface area contributed by atoms with Crippen LogP contribution in [-0.2, 0) is 10.0 Å². The summed E-state index contributed by atoms with van der Waals surface area (Å²) >= 11 is 0. The van der Waals surface area contributed by atoms with Crippen LogP contribution in [0.15, 0.2) is 23.1 Å². The zero-order chi connectivity index (χ0) is 15.6. The van der Waals surface area contributed by atoms with Crippen LogP contribution in [-0.4, -0.2) is 52.6 Å². The fourth-order valence-electron chi connectivity index (χ4n) is 2.98. The molecule has 23 heavy (non-hydrogen) atoms. The van der Waals surface area contributed by atoms with Crippen molar-refractivity contribution in [1.29, 1.82) is 0 Å². The van der Waals surface area contributed by atoms with E-state index >= 15 is 0 Å². The van der Waals surface area contributed by atoms with E-state index in [1.807, 2.05) is 7.05 Å². The number of ether oxygens (including phenoxy) is 2. The van der Waals surface area contributed by atoms with Crippen LogP contribution in [0.25, 0.3) is 0 Å². The molecule has 0 aromatic heterocycles. The second-order valence-electron chi connectivity index (χ2n) is 5.71. The summed E-state index contributed by atoms with van der Waals surface area (Å²) in [4.78, 5) is 0.281. The molecule has 0 atom stereocenters. The first-order chi connectivity index (χ1) is 10.6. The Kier molecular flexibility index (Phi) is 6.13. The van der Waals surface area contributed by atoms with Gasteiger partial charge in [0.05, 0.1) is 4.90 Å². The Morgan fingerprint density at radius 2 is 1.83 bits per heavy atom. The molecule has 3 rings (SSSR count). The second-order valence-corrected chi connectivity index (χ2v) is 7.65. The van der Waals surface area contributed by atoms with Gasteiger partial charge in [-0.15, -0.1) is 12.4 Å². The van der Waals surface area contributed by atoms with E-state index in [9.17, 15) is 8.42 Å². The average molecular weight is 363 g/mol. The summed E-state index contributed by atoms with van der Waals surface area (Å²) in [5, 5.41) is 3.16. The maximum atomic E-state index is 12.8. The van der Waals surface area contributed by atoms with E-state index in [0.717, 1.165) is 19.4 Å². The molecule has 0 saturated carbocycles. The molecule has 0 aliphatic carbocycles. The Labute approximate surface area is 143 Å². The van der Waals surface area contributed by atoms with Crippen molar-refractivity contribution in [1.82, 2.24) is 9.62 Å². The number of hydrogen-bond donors (Lipinski definition) is 1. The summed E-state index contributed by atoms with van der Waals surface area (Å²) < 4.78 is 38.0. The lowest BCUT2D eigenvalue weighted by Crippen LogP contribution is -2.40. The highest BCUT2D eigenvalue weighted by atomic mass is 35.5. The lowest BCUT2D eigenvalue weighted by molar-refractivity contribution is 0.171. The Bertz CT molecular complexity index is 630. The molecule has 2 aliphatic heterocycles. The summed E-state index contributed by atoms with van der Waals surface area (Å²) in [6, 6.07) is 4.85. The van der Waals surface area contributed by atoms with Crippen molar-refractivity contribution in [2.75, 3.05) is 39.9 Å². The van der Waals surface area contributed by atoms with Crippen molar-refractivity contribution in [3.8, 4) is 11.5 Å². The van der Waals surface area contributed by atoms with Gasteiger partial charge in [0.2, 0.25) is 10.0 Å². The van der Waals surface area contributed by atoms with Crippen LogP contribution in [0.5, 0.6) is 11.5 Å². The molecular formula is C15H23ClN2O4S. The van der Waals surface area contributed by atoms with Gasteiger partial charge in [-0.25, -0.2) is 8.42 Å². The van der Waals surface area contributed by atoms with Crippen LogP contribution in [0.2, 0.25) is 0 Å². The van der Waals surface area contributed by atoms with E-state index in [0.29, 0.717) is 43.7 Å². The van der Waals surface area contributed by atoms with Gasteiger partial charge in [-0.2, -0.15) is 4.31 Å². The number of fused-ring (bicyclic) bond motifs is 1. The standard InChI is InChI=1S/C15H22N2O4S.ClH/c1-16-11-12-4-6-17(7-5-12)22(18,19)13-2-3-14-15(10-13)21-9-8-20-14;/h2-3,10,12,16H,4-9,11H2,1H3;1H. The molecule has 1 fully saturated rings. The molecule has 1 saturated heterocycles. The molecule has 6 nitrogen and oxygen atoms in total. The summed E-state index contributed by atoms with van der Waals surface area (Å²) in [6.07, 6.45) is 1.79. The van der Waals surface area contributed by atoms with E-state index in [-0.39, 0.29) is 17.3 Å². The molecule has 1 N–H and O–H groups in total. The predicted octanol–water partition coefficient (Wildman–Crippen LogP) is 1.50. The third-order valence-electron chi connectivity index (χ3n) is 4.22. The van der Waals surface area contributed by atoms with Gasteiger partial charge in [0.15, 0.2) is 11.5 Å². The maximum Gasteiger partial charge on any atom is 0.243 e. The average Bonchev–Trinajstić information content (AvgIpc) is 2.55. The van der Waals surface area contributed by atoms with Gasteiger partial charge in [0.1, 0.15) is 13.2 Å².